The van der Waals surface area contributed by atoms with Crippen molar-refractivity contribution in [1.29, 1.82) is 0 Å². The Labute approximate surface area is 133 Å². The van der Waals surface area contributed by atoms with E-state index in [1.165, 1.54) is 4.68 Å². The van der Waals surface area contributed by atoms with Crippen LogP contribution in [0.4, 0.5) is 5.69 Å². The first-order valence-corrected chi connectivity index (χ1v) is 7.16. The van der Waals surface area contributed by atoms with Gasteiger partial charge in [-0.25, -0.2) is 4.68 Å². The molecule has 0 saturated carbocycles. The molecule has 0 fully saturated rings. The molecule has 0 atom stereocenters. The minimum Gasteiger partial charge on any atom is -0.495 e. The molecule has 0 saturated heterocycles. The first-order valence-electron chi connectivity index (χ1n) is 7.16. The molecule has 0 spiro atoms. The van der Waals surface area contributed by atoms with Crippen molar-refractivity contribution in [2.45, 2.75) is 0 Å². The largest absolute Gasteiger partial charge is 0.495 e. The molecule has 0 bridgehead atoms. The maximum atomic E-state index is 12.6. The fraction of sp³-hybridized carbons (Fsp3) is 0.0556. The average molecular weight is 307 g/mol. The molecule has 0 unspecified atom stereocenters. The van der Waals surface area contributed by atoms with Crippen LogP contribution in [0, 0.1) is 0 Å². The van der Waals surface area contributed by atoms with E-state index in [9.17, 15) is 4.79 Å². The third-order valence-corrected chi connectivity index (χ3v) is 3.50. The summed E-state index contributed by atoms with van der Waals surface area (Å²) >= 11 is 0. The van der Waals surface area contributed by atoms with Crippen LogP contribution in [0.25, 0.3) is 18.5 Å². The van der Waals surface area contributed by atoms with Crippen LogP contribution in [0.2, 0.25) is 0 Å². The van der Waals surface area contributed by atoms with Gasteiger partial charge < -0.3 is 10.1 Å². The zero-order valence-corrected chi connectivity index (χ0v) is 12.7. The highest BCUT2D eigenvalue weighted by Crippen LogP contribution is 2.22. The molecule has 0 aliphatic heterocycles. The number of hydrogen-bond acceptors (Lipinski definition) is 3. The monoisotopic (exact) mass is 307 g/mol. The van der Waals surface area contributed by atoms with Crippen molar-refractivity contribution in [2.75, 3.05) is 12.4 Å². The molecule has 2 aromatic carbocycles. The number of nitrogens with zero attached hydrogens (tertiary/aromatic N) is 1. The van der Waals surface area contributed by atoms with Crippen molar-refractivity contribution >= 4 is 18.5 Å². The van der Waals surface area contributed by atoms with E-state index >= 15 is 0 Å². The Morgan fingerprint density at radius 2 is 1.83 bits per heavy atom. The number of methoxy groups -OCH3 is 1. The highest BCUT2D eigenvalue weighted by molar-refractivity contribution is 5.63. The molecular formula is C18H17N3O2. The fourth-order valence-electron chi connectivity index (χ4n) is 2.32. The van der Waals surface area contributed by atoms with Crippen molar-refractivity contribution in [3.8, 4) is 11.4 Å². The second-order valence-electron chi connectivity index (χ2n) is 4.97. The van der Waals surface area contributed by atoms with Crippen molar-refractivity contribution in [1.82, 2.24) is 9.78 Å². The molecule has 116 valence electrons. The quantitative estimate of drug-likeness (QED) is 0.767. The summed E-state index contributed by atoms with van der Waals surface area (Å²) in [4.78, 5) is 12.6. The minimum atomic E-state index is -0.163. The van der Waals surface area contributed by atoms with Gasteiger partial charge in [-0.3, -0.25) is 9.89 Å². The Kier molecular flexibility index (Phi) is 4.01. The normalized spacial score (nSPS) is 11.4. The van der Waals surface area contributed by atoms with Gasteiger partial charge in [0, 0.05) is 6.20 Å². The number of aromatic nitrogens is 2. The van der Waals surface area contributed by atoms with Gasteiger partial charge in [-0.05, 0) is 24.3 Å². The number of rotatable bonds is 4. The Bertz CT molecular complexity index is 971. The maximum absolute atomic E-state index is 12.6. The first kappa shape index (κ1) is 14.7. The van der Waals surface area contributed by atoms with Crippen molar-refractivity contribution < 1.29 is 4.74 Å². The molecule has 1 aromatic heterocycles. The lowest BCUT2D eigenvalue weighted by Crippen LogP contribution is -2.34. The predicted octanol–water partition coefficient (Wildman–Crippen LogP) is 1.43. The number of hydrogen-bond donors (Lipinski definition) is 2. The average Bonchev–Trinajstić information content (AvgIpc) is 2.88. The Hall–Kier alpha value is -3.21. The molecule has 5 nitrogen and oxygen atoms in total. The molecule has 1 heterocycles. The topological polar surface area (TPSA) is 59.0 Å². The fourth-order valence-corrected chi connectivity index (χ4v) is 2.32. The van der Waals surface area contributed by atoms with E-state index in [1.807, 2.05) is 54.6 Å². The third-order valence-electron chi connectivity index (χ3n) is 3.50. The Balaban J connectivity index is 2.03. The van der Waals surface area contributed by atoms with E-state index in [0.717, 1.165) is 11.4 Å². The van der Waals surface area contributed by atoms with Gasteiger partial charge >= 0.3 is 0 Å². The number of aromatic amines is 1. The smallest absolute Gasteiger partial charge is 0.280 e. The zero-order valence-electron chi connectivity index (χ0n) is 12.7. The molecule has 23 heavy (non-hydrogen) atoms. The van der Waals surface area contributed by atoms with Crippen molar-refractivity contribution in [3.05, 3.63) is 75.5 Å². The van der Waals surface area contributed by atoms with E-state index in [4.69, 9.17) is 4.74 Å². The summed E-state index contributed by atoms with van der Waals surface area (Å²) in [6.45, 7) is 3.90. The summed E-state index contributed by atoms with van der Waals surface area (Å²) in [7, 11) is 1.60. The van der Waals surface area contributed by atoms with Crippen LogP contribution in [0.15, 0.2) is 59.4 Å². The summed E-state index contributed by atoms with van der Waals surface area (Å²) in [6.07, 6.45) is 1.64. The third kappa shape index (κ3) is 2.89. The van der Waals surface area contributed by atoms with Crippen molar-refractivity contribution in [2.24, 2.45) is 0 Å². The van der Waals surface area contributed by atoms with Crippen molar-refractivity contribution in [3.63, 3.8) is 0 Å². The second-order valence-corrected chi connectivity index (χ2v) is 4.97. The highest BCUT2D eigenvalue weighted by Gasteiger charge is 2.04. The van der Waals surface area contributed by atoms with Gasteiger partial charge in [0.15, 0.2) is 0 Å². The van der Waals surface area contributed by atoms with Crippen LogP contribution in [0.5, 0.6) is 5.75 Å². The van der Waals surface area contributed by atoms with E-state index in [-0.39, 0.29) is 5.56 Å². The molecule has 3 rings (SSSR count). The lowest BCUT2D eigenvalue weighted by Gasteiger charge is -2.06. The van der Waals surface area contributed by atoms with Gasteiger partial charge in [0.1, 0.15) is 5.75 Å². The molecule has 0 aliphatic carbocycles. The SMILES string of the molecule is C=c1[nH]n(-c2ccccc2)c(=O)/c1=C\Nc1ccccc1OC. The zero-order chi connectivity index (χ0) is 16.2. The Morgan fingerprint density at radius 1 is 1.13 bits per heavy atom. The van der Waals surface area contributed by atoms with Gasteiger partial charge in [-0.15, -0.1) is 0 Å². The van der Waals surface area contributed by atoms with Gasteiger partial charge in [0.05, 0.1) is 29.1 Å². The van der Waals surface area contributed by atoms with E-state index < -0.39 is 0 Å². The molecule has 0 radical (unpaired) electrons. The van der Waals surface area contributed by atoms with Gasteiger partial charge in [-0.1, -0.05) is 36.9 Å². The van der Waals surface area contributed by atoms with Crippen LogP contribution in [-0.4, -0.2) is 16.9 Å². The van der Waals surface area contributed by atoms with Crippen LogP contribution in [-0.2, 0) is 0 Å². The standard InChI is InChI=1S/C18H17N3O2/c1-13-15(12-19-16-10-6-7-11-17(16)23-2)18(22)21(20-13)14-8-4-3-5-9-14/h3-12,19-20H,1H2,2H3/b15-12-. The molecule has 2 N–H and O–H groups in total. The molecule has 0 aliphatic rings. The molecule has 5 heteroatoms. The molecule has 3 aromatic rings. The summed E-state index contributed by atoms with van der Waals surface area (Å²) < 4.78 is 6.75. The number of benzene rings is 2. The highest BCUT2D eigenvalue weighted by atomic mass is 16.5. The van der Waals surface area contributed by atoms with E-state index in [1.54, 1.807) is 13.3 Å². The lowest BCUT2D eigenvalue weighted by molar-refractivity contribution is 0.417. The summed E-state index contributed by atoms with van der Waals surface area (Å²) in [5, 5.41) is 7.10. The van der Waals surface area contributed by atoms with Gasteiger partial charge in [0.2, 0.25) is 0 Å². The molecular weight excluding hydrogens is 290 g/mol. The molecule has 0 amide bonds. The Morgan fingerprint density at radius 3 is 2.57 bits per heavy atom. The number of ether oxygens (including phenoxy) is 1. The minimum absolute atomic E-state index is 0.163. The van der Waals surface area contributed by atoms with Gasteiger partial charge in [0.25, 0.3) is 5.56 Å². The van der Waals surface area contributed by atoms with E-state index in [0.29, 0.717) is 16.3 Å². The lowest BCUT2D eigenvalue weighted by atomic mass is 10.3. The van der Waals surface area contributed by atoms with Crippen LogP contribution in [0.1, 0.15) is 0 Å². The van der Waals surface area contributed by atoms with Crippen LogP contribution < -0.4 is 26.2 Å². The van der Waals surface area contributed by atoms with E-state index in [2.05, 4.69) is 17.0 Å². The van der Waals surface area contributed by atoms with Crippen LogP contribution in [0.3, 0.4) is 0 Å². The first-order chi connectivity index (χ1) is 11.2. The van der Waals surface area contributed by atoms with Gasteiger partial charge in [-0.2, -0.15) is 0 Å². The maximum Gasteiger partial charge on any atom is 0.280 e. The number of nitrogens with one attached hydrogen (secondary N) is 2. The summed E-state index contributed by atoms with van der Waals surface area (Å²) in [5.41, 5.74) is 1.38. The predicted molar refractivity (Wildman–Crippen MR) is 92.2 cm³/mol. The summed E-state index contributed by atoms with van der Waals surface area (Å²) in [6, 6.07) is 16.9. The number of anilines is 1. The second kappa shape index (κ2) is 6.27. The number of H-pyrrole nitrogens is 1. The van der Waals surface area contributed by atoms with Crippen LogP contribution >= 0.6 is 0 Å². The summed E-state index contributed by atoms with van der Waals surface area (Å²) in [5.74, 6) is 0.702. The number of para-hydroxylation sites is 3.